The molecule has 1 aromatic carbocycles. The Morgan fingerprint density at radius 3 is 2.50 bits per heavy atom. The summed E-state index contributed by atoms with van der Waals surface area (Å²) in [6, 6.07) is 5.96. The second kappa shape index (κ2) is 3.84. The van der Waals surface area contributed by atoms with Gasteiger partial charge in [0.2, 0.25) is 0 Å². The van der Waals surface area contributed by atoms with Gasteiger partial charge in [0.15, 0.2) is 0 Å². The van der Waals surface area contributed by atoms with Crippen LogP contribution in [-0.2, 0) is 14.3 Å². The van der Waals surface area contributed by atoms with Crippen molar-refractivity contribution >= 4 is 11.9 Å². The van der Waals surface area contributed by atoms with Crippen LogP contribution in [0.5, 0.6) is 5.75 Å². The summed E-state index contributed by atoms with van der Waals surface area (Å²) in [6.07, 6.45) is -0.869. The van der Waals surface area contributed by atoms with E-state index in [1.165, 1.54) is 12.1 Å². The number of carbonyl (C=O) groups excluding carboxylic acids is 1. The maximum absolute atomic E-state index is 11.1. The fourth-order valence-corrected chi connectivity index (χ4v) is 1.74. The first-order valence-corrected chi connectivity index (χ1v) is 4.79. The summed E-state index contributed by atoms with van der Waals surface area (Å²) in [6.45, 7) is 0. The first kappa shape index (κ1) is 10.5. The molecule has 5 nitrogen and oxygen atoms in total. The highest BCUT2D eigenvalue weighted by molar-refractivity contribution is 5.82. The quantitative estimate of drug-likeness (QED) is 0.731. The molecular weight excluding hydrogens is 212 g/mol. The normalized spacial score (nSPS) is 24.1. The van der Waals surface area contributed by atoms with E-state index in [-0.39, 0.29) is 12.2 Å². The van der Waals surface area contributed by atoms with Gasteiger partial charge >= 0.3 is 11.9 Å². The summed E-state index contributed by atoms with van der Waals surface area (Å²) in [5.74, 6) is -2.33. The number of aromatic hydroxyl groups is 1. The van der Waals surface area contributed by atoms with Crippen LogP contribution in [0.3, 0.4) is 0 Å². The smallest absolute Gasteiger partial charge is 0.311 e. The zero-order chi connectivity index (χ0) is 11.7. The van der Waals surface area contributed by atoms with Crippen molar-refractivity contribution in [3.8, 4) is 5.75 Å². The summed E-state index contributed by atoms with van der Waals surface area (Å²) in [7, 11) is 0. The monoisotopic (exact) mass is 222 g/mol. The number of carboxylic acid groups (broad SMARTS) is 1. The number of hydrogen-bond donors (Lipinski definition) is 2. The summed E-state index contributed by atoms with van der Waals surface area (Å²) >= 11 is 0. The highest BCUT2D eigenvalue weighted by Gasteiger charge is 2.40. The van der Waals surface area contributed by atoms with Crippen molar-refractivity contribution in [2.45, 2.75) is 12.5 Å². The van der Waals surface area contributed by atoms with Crippen LogP contribution >= 0.6 is 0 Å². The van der Waals surface area contributed by atoms with Crippen molar-refractivity contribution in [2.24, 2.45) is 5.92 Å². The Balaban J connectivity index is 2.28. The van der Waals surface area contributed by atoms with Gasteiger partial charge in [-0.1, -0.05) is 12.1 Å². The van der Waals surface area contributed by atoms with Crippen molar-refractivity contribution in [2.75, 3.05) is 0 Å². The van der Waals surface area contributed by atoms with E-state index in [2.05, 4.69) is 0 Å². The lowest BCUT2D eigenvalue weighted by molar-refractivity contribution is -0.144. The van der Waals surface area contributed by atoms with Crippen LogP contribution in [0.15, 0.2) is 24.3 Å². The van der Waals surface area contributed by atoms with Crippen LogP contribution < -0.4 is 0 Å². The fourth-order valence-electron chi connectivity index (χ4n) is 1.74. The van der Waals surface area contributed by atoms with E-state index >= 15 is 0 Å². The Morgan fingerprint density at radius 2 is 1.94 bits per heavy atom. The molecule has 1 aliphatic rings. The predicted molar refractivity (Wildman–Crippen MR) is 52.7 cm³/mol. The molecule has 2 atom stereocenters. The van der Waals surface area contributed by atoms with Gasteiger partial charge in [-0.05, 0) is 17.7 Å². The van der Waals surface area contributed by atoms with Crippen LogP contribution in [0.1, 0.15) is 18.1 Å². The van der Waals surface area contributed by atoms with Gasteiger partial charge in [0, 0.05) is 0 Å². The molecule has 1 heterocycles. The molecule has 5 heteroatoms. The third kappa shape index (κ3) is 1.84. The number of ether oxygens (including phenoxy) is 1. The fraction of sp³-hybridized carbons (Fsp3) is 0.273. The van der Waals surface area contributed by atoms with E-state index < -0.39 is 24.0 Å². The molecule has 2 rings (SSSR count). The molecule has 16 heavy (non-hydrogen) atoms. The summed E-state index contributed by atoms with van der Waals surface area (Å²) in [5.41, 5.74) is 0.580. The van der Waals surface area contributed by atoms with Crippen molar-refractivity contribution in [1.82, 2.24) is 0 Å². The third-order valence-corrected chi connectivity index (χ3v) is 2.55. The number of esters is 1. The van der Waals surface area contributed by atoms with Gasteiger partial charge < -0.3 is 14.9 Å². The van der Waals surface area contributed by atoms with Gasteiger partial charge in [0.25, 0.3) is 0 Å². The second-order valence-corrected chi connectivity index (χ2v) is 3.65. The van der Waals surface area contributed by atoms with Gasteiger partial charge in [-0.25, -0.2) is 0 Å². The summed E-state index contributed by atoms with van der Waals surface area (Å²) in [5, 5.41) is 18.0. The van der Waals surface area contributed by atoms with Crippen molar-refractivity contribution in [3.63, 3.8) is 0 Å². The van der Waals surface area contributed by atoms with Crippen LogP contribution in [0.4, 0.5) is 0 Å². The molecule has 84 valence electrons. The van der Waals surface area contributed by atoms with E-state index in [1.54, 1.807) is 12.1 Å². The SMILES string of the molecule is O=C1CC(C(=O)O)C(c2ccc(O)cc2)O1. The van der Waals surface area contributed by atoms with E-state index in [0.29, 0.717) is 5.56 Å². The van der Waals surface area contributed by atoms with E-state index in [1.807, 2.05) is 0 Å². The average molecular weight is 222 g/mol. The van der Waals surface area contributed by atoms with Crippen LogP contribution in [0.2, 0.25) is 0 Å². The van der Waals surface area contributed by atoms with Crippen molar-refractivity contribution < 1.29 is 24.5 Å². The molecule has 2 unspecified atom stereocenters. The standard InChI is InChI=1S/C11H10O5/c12-7-3-1-6(2-4-7)10-8(11(14)15)5-9(13)16-10/h1-4,8,10,12H,5H2,(H,14,15). The van der Waals surface area contributed by atoms with Gasteiger partial charge in [0.05, 0.1) is 6.42 Å². The minimum absolute atomic E-state index is 0.0833. The van der Waals surface area contributed by atoms with Gasteiger partial charge in [-0.3, -0.25) is 9.59 Å². The lowest BCUT2D eigenvalue weighted by Crippen LogP contribution is -2.17. The number of hydrogen-bond acceptors (Lipinski definition) is 4. The van der Waals surface area contributed by atoms with Gasteiger partial charge in [-0.2, -0.15) is 0 Å². The molecule has 1 saturated heterocycles. The highest BCUT2D eigenvalue weighted by Crippen LogP contribution is 2.35. The maximum Gasteiger partial charge on any atom is 0.311 e. The van der Waals surface area contributed by atoms with Gasteiger partial charge in [-0.15, -0.1) is 0 Å². The number of phenolic OH excluding ortho intramolecular Hbond substituents is 1. The zero-order valence-electron chi connectivity index (χ0n) is 8.29. The number of carboxylic acids is 1. The number of carbonyl (C=O) groups is 2. The molecule has 1 aromatic rings. The lowest BCUT2D eigenvalue weighted by atomic mass is 9.95. The Kier molecular flexibility index (Phi) is 2.52. The molecule has 0 radical (unpaired) electrons. The summed E-state index contributed by atoms with van der Waals surface area (Å²) < 4.78 is 4.96. The topological polar surface area (TPSA) is 83.8 Å². The molecule has 2 N–H and O–H groups in total. The number of cyclic esters (lactones) is 1. The molecule has 0 bridgehead atoms. The molecule has 0 aromatic heterocycles. The zero-order valence-corrected chi connectivity index (χ0v) is 8.29. The Hall–Kier alpha value is -2.04. The average Bonchev–Trinajstić information content (AvgIpc) is 2.61. The minimum atomic E-state index is -1.05. The van der Waals surface area contributed by atoms with Crippen LogP contribution in [0.25, 0.3) is 0 Å². The highest BCUT2D eigenvalue weighted by atomic mass is 16.6. The lowest BCUT2D eigenvalue weighted by Gasteiger charge is -2.14. The molecular formula is C11H10O5. The third-order valence-electron chi connectivity index (χ3n) is 2.55. The molecule has 0 amide bonds. The Morgan fingerprint density at radius 1 is 1.31 bits per heavy atom. The number of aliphatic carboxylic acids is 1. The molecule has 0 spiro atoms. The molecule has 1 aliphatic heterocycles. The molecule has 0 aliphatic carbocycles. The summed E-state index contributed by atoms with van der Waals surface area (Å²) in [4.78, 5) is 22.0. The van der Waals surface area contributed by atoms with Gasteiger partial charge in [0.1, 0.15) is 17.8 Å². The largest absolute Gasteiger partial charge is 0.508 e. The van der Waals surface area contributed by atoms with Crippen LogP contribution in [0, 0.1) is 5.92 Å². The van der Waals surface area contributed by atoms with E-state index in [0.717, 1.165) is 0 Å². The first-order valence-electron chi connectivity index (χ1n) is 4.79. The first-order chi connectivity index (χ1) is 7.58. The van der Waals surface area contributed by atoms with E-state index in [4.69, 9.17) is 14.9 Å². The number of benzene rings is 1. The maximum atomic E-state index is 11.1. The van der Waals surface area contributed by atoms with Crippen molar-refractivity contribution in [3.05, 3.63) is 29.8 Å². The van der Waals surface area contributed by atoms with Crippen LogP contribution in [-0.4, -0.2) is 22.2 Å². The van der Waals surface area contributed by atoms with Crippen molar-refractivity contribution in [1.29, 1.82) is 0 Å². The Bertz CT molecular complexity index is 423. The Labute approximate surface area is 91.3 Å². The van der Waals surface area contributed by atoms with E-state index in [9.17, 15) is 9.59 Å². The second-order valence-electron chi connectivity index (χ2n) is 3.65. The number of phenols is 1. The minimum Gasteiger partial charge on any atom is -0.508 e. The predicted octanol–water partition coefficient (Wildman–Crippen LogP) is 1.08. The molecule has 1 fully saturated rings. The number of rotatable bonds is 2. The molecule has 0 saturated carbocycles.